The highest BCUT2D eigenvalue weighted by atomic mass is 19.4. The van der Waals surface area contributed by atoms with Crippen LogP contribution in [0.5, 0.6) is 0 Å². The third-order valence-corrected chi connectivity index (χ3v) is 2.94. The van der Waals surface area contributed by atoms with Gasteiger partial charge < -0.3 is 20.5 Å². The molecule has 3 N–H and O–H groups in total. The van der Waals surface area contributed by atoms with Gasteiger partial charge in [-0.15, -0.1) is 0 Å². The maximum Gasteiger partial charge on any atom is 0.405 e. The van der Waals surface area contributed by atoms with Gasteiger partial charge in [0.2, 0.25) is 0 Å². The Morgan fingerprint density at radius 3 is 2.26 bits per heavy atom. The SMILES string of the molecule is O=C(NCC(F)(F)F)NCC1(C(=O)O)CCOCC1. The number of rotatable bonds is 4. The summed E-state index contributed by atoms with van der Waals surface area (Å²) >= 11 is 0. The molecular weight excluding hydrogens is 269 g/mol. The van der Waals surface area contributed by atoms with Crippen LogP contribution in [0.4, 0.5) is 18.0 Å². The molecule has 1 heterocycles. The highest BCUT2D eigenvalue weighted by molar-refractivity contribution is 5.78. The molecule has 9 heteroatoms. The summed E-state index contributed by atoms with van der Waals surface area (Å²) in [5.74, 6) is -1.09. The van der Waals surface area contributed by atoms with Crippen LogP contribution in [-0.2, 0) is 9.53 Å². The minimum absolute atomic E-state index is 0.210. The van der Waals surface area contributed by atoms with E-state index in [1.54, 1.807) is 5.32 Å². The topological polar surface area (TPSA) is 87.7 Å². The zero-order valence-corrected chi connectivity index (χ0v) is 10.0. The molecule has 0 aromatic heterocycles. The van der Waals surface area contributed by atoms with E-state index in [-0.39, 0.29) is 32.6 Å². The standard InChI is InChI=1S/C10H15F3N2O4/c11-10(12,13)6-15-8(18)14-5-9(7(16)17)1-3-19-4-2-9/h1-6H2,(H,16,17)(H2,14,15,18). The van der Waals surface area contributed by atoms with Gasteiger partial charge in [0.25, 0.3) is 0 Å². The number of halogens is 3. The largest absolute Gasteiger partial charge is 0.481 e. The van der Waals surface area contributed by atoms with Crippen LogP contribution in [0.1, 0.15) is 12.8 Å². The zero-order chi connectivity index (χ0) is 14.5. The van der Waals surface area contributed by atoms with Gasteiger partial charge in [0.05, 0.1) is 5.41 Å². The summed E-state index contributed by atoms with van der Waals surface area (Å²) in [7, 11) is 0. The number of carboxylic acids is 1. The third kappa shape index (κ3) is 4.93. The quantitative estimate of drug-likeness (QED) is 0.710. The fourth-order valence-electron chi connectivity index (χ4n) is 1.72. The number of carbonyl (C=O) groups excluding carboxylic acids is 1. The predicted molar refractivity (Wildman–Crippen MR) is 57.6 cm³/mol. The Kier molecular flexibility index (Phi) is 4.98. The Morgan fingerprint density at radius 1 is 1.21 bits per heavy atom. The highest BCUT2D eigenvalue weighted by Gasteiger charge is 2.40. The summed E-state index contributed by atoms with van der Waals surface area (Å²) in [6.45, 7) is -1.19. The lowest BCUT2D eigenvalue weighted by molar-refractivity contribution is -0.154. The van der Waals surface area contributed by atoms with Crippen LogP contribution in [0.15, 0.2) is 0 Å². The molecule has 6 nitrogen and oxygen atoms in total. The van der Waals surface area contributed by atoms with Gasteiger partial charge in [-0.3, -0.25) is 4.79 Å². The van der Waals surface area contributed by atoms with Gasteiger partial charge in [-0.1, -0.05) is 0 Å². The van der Waals surface area contributed by atoms with Gasteiger partial charge >= 0.3 is 18.2 Å². The van der Waals surface area contributed by atoms with Crippen molar-refractivity contribution < 1.29 is 32.6 Å². The summed E-state index contributed by atoms with van der Waals surface area (Å²) in [5, 5.41) is 12.9. The molecule has 2 amide bonds. The van der Waals surface area contributed by atoms with Gasteiger partial charge in [-0.25, -0.2) is 4.79 Å². The minimum Gasteiger partial charge on any atom is -0.481 e. The normalized spacial score (nSPS) is 18.7. The lowest BCUT2D eigenvalue weighted by atomic mass is 9.80. The number of carboxylic acid groups (broad SMARTS) is 1. The number of urea groups is 1. The minimum atomic E-state index is -4.50. The monoisotopic (exact) mass is 284 g/mol. The number of hydrogen-bond acceptors (Lipinski definition) is 3. The Hall–Kier alpha value is -1.51. The lowest BCUT2D eigenvalue weighted by Gasteiger charge is -2.33. The van der Waals surface area contributed by atoms with Crippen molar-refractivity contribution in [2.75, 3.05) is 26.3 Å². The van der Waals surface area contributed by atoms with Gasteiger partial charge in [-0.05, 0) is 12.8 Å². The summed E-state index contributed by atoms with van der Waals surface area (Å²) in [4.78, 5) is 22.3. The molecular formula is C10H15F3N2O4. The van der Waals surface area contributed by atoms with Crippen LogP contribution in [0.25, 0.3) is 0 Å². The van der Waals surface area contributed by atoms with Gasteiger partial charge in [0, 0.05) is 19.8 Å². The van der Waals surface area contributed by atoms with Gasteiger partial charge in [0.15, 0.2) is 0 Å². The average molecular weight is 284 g/mol. The maximum atomic E-state index is 11.9. The molecule has 0 radical (unpaired) electrons. The Labute approximate surface area is 107 Å². The van der Waals surface area contributed by atoms with E-state index in [1.807, 2.05) is 0 Å². The lowest BCUT2D eigenvalue weighted by Crippen LogP contribution is -2.49. The fraction of sp³-hybridized carbons (Fsp3) is 0.800. The highest BCUT2D eigenvalue weighted by Crippen LogP contribution is 2.30. The first kappa shape index (κ1) is 15.5. The van der Waals surface area contributed by atoms with Crippen molar-refractivity contribution in [3.05, 3.63) is 0 Å². The molecule has 0 unspecified atom stereocenters. The predicted octanol–water partition coefficient (Wildman–Crippen LogP) is 0.729. The van der Waals surface area contributed by atoms with Crippen molar-refractivity contribution >= 4 is 12.0 Å². The number of aliphatic carboxylic acids is 1. The van der Waals surface area contributed by atoms with Crippen molar-refractivity contribution in [2.24, 2.45) is 5.41 Å². The third-order valence-electron chi connectivity index (χ3n) is 2.94. The average Bonchev–Trinajstić information content (AvgIpc) is 2.34. The Bertz CT molecular complexity index is 340. The van der Waals surface area contributed by atoms with Crippen LogP contribution in [0, 0.1) is 5.41 Å². The van der Waals surface area contributed by atoms with E-state index in [0.29, 0.717) is 0 Å². The van der Waals surface area contributed by atoms with Crippen molar-refractivity contribution in [2.45, 2.75) is 19.0 Å². The molecule has 1 aliphatic rings. The van der Waals surface area contributed by atoms with Crippen LogP contribution < -0.4 is 10.6 Å². The number of nitrogens with one attached hydrogen (secondary N) is 2. The number of alkyl halides is 3. The van der Waals surface area contributed by atoms with Gasteiger partial charge in [-0.2, -0.15) is 13.2 Å². The number of ether oxygens (including phenoxy) is 1. The molecule has 1 fully saturated rings. The fourth-order valence-corrected chi connectivity index (χ4v) is 1.72. The van der Waals surface area contributed by atoms with E-state index in [2.05, 4.69) is 5.32 Å². The first-order valence-electron chi connectivity index (χ1n) is 5.65. The van der Waals surface area contributed by atoms with E-state index in [1.165, 1.54) is 0 Å². The molecule has 19 heavy (non-hydrogen) atoms. The maximum absolute atomic E-state index is 11.9. The van der Waals surface area contributed by atoms with E-state index < -0.39 is 30.1 Å². The van der Waals surface area contributed by atoms with E-state index in [0.717, 1.165) is 0 Å². The van der Waals surface area contributed by atoms with Crippen molar-refractivity contribution in [1.29, 1.82) is 0 Å². The molecule has 0 saturated carbocycles. The van der Waals surface area contributed by atoms with E-state index in [9.17, 15) is 22.8 Å². The van der Waals surface area contributed by atoms with Crippen LogP contribution in [0.2, 0.25) is 0 Å². The smallest absolute Gasteiger partial charge is 0.405 e. The molecule has 1 aliphatic heterocycles. The summed E-state index contributed by atoms with van der Waals surface area (Å²) in [5.41, 5.74) is -1.17. The second kappa shape index (κ2) is 6.09. The second-order valence-electron chi connectivity index (χ2n) is 4.35. The number of carbonyl (C=O) groups is 2. The van der Waals surface area contributed by atoms with Crippen molar-refractivity contribution in [3.63, 3.8) is 0 Å². The number of amides is 2. The zero-order valence-electron chi connectivity index (χ0n) is 10.0. The molecule has 110 valence electrons. The van der Waals surface area contributed by atoms with Crippen LogP contribution >= 0.6 is 0 Å². The second-order valence-corrected chi connectivity index (χ2v) is 4.35. The van der Waals surface area contributed by atoms with E-state index >= 15 is 0 Å². The first-order chi connectivity index (χ1) is 8.75. The molecule has 1 saturated heterocycles. The summed E-state index contributed by atoms with van der Waals surface area (Å²) < 4.78 is 40.6. The molecule has 0 aliphatic carbocycles. The molecule has 0 spiro atoms. The number of hydrogen-bond donors (Lipinski definition) is 3. The molecule has 0 atom stereocenters. The van der Waals surface area contributed by atoms with Crippen molar-refractivity contribution in [1.82, 2.24) is 10.6 Å². The Balaban J connectivity index is 2.44. The van der Waals surface area contributed by atoms with E-state index in [4.69, 9.17) is 9.84 Å². The summed E-state index contributed by atoms with van der Waals surface area (Å²) in [6, 6.07) is -1.04. The molecule has 0 bridgehead atoms. The summed E-state index contributed by atoms with van der Waals surface area (Å²) in [6.07, 6.45) is -4.08. The molecule has 1 rings (SSSR count). The Morgan fingerprint density at radius 2 is 1.79 bits per heavy atom. The van der Waals surface area contributed by atoms with Crippen LogP contribution in [0.3, 0.4) is 0 Å². The van der Waals surface area contributed by atoms with Gasteiger partial charge in [0.1, 0.15) is 6.54 Å². The van der Waals surface area contributed by atoms with Crippen LogP contribution in [-0.4, -0.2) is 49.6 Å². The molecule has 0 aromatic rings. The van der Waals surface area contributed by atoms with Crippen molar-refractivity contribution in [3.8, 4) is 0 Å². The molecule has 0 aromatic carbocycles. The first-order valence-corrected chi connectivity index (χ1v) is 5.65.